The molecule has 0 fully saturated rings. The number of aliphatic hydroxyl groups excluding tert-OH is 1. The Bertz CT molecular complexity index is 63.9. The van der Waals surface area contributed by atoms with Crippen LogP contribution < -0.4 is 5.73 Å². The highest BCUT2D eigenvalue weighted by atomic mass is 16.3. The highest BCUT2D eigenvalue weighted by Gasteiger charge is 2.09. The monoisotopic (exact) mass is 131 g/mol. The number of rotatable bonds is 4. The molecule has 0 amide bonds. The van der Waals surface area contributed by atoms with Crippen LogP contribution in [0, 0.1) is 11.8 Å². The van der Waals surface area contributed by atoms with Crippen LogP contribution in [0.4, 0.5) is 0 Å². The van der Waals surface area contributed by atoms with Gasteiger partial charge in [-0.3, -0.25) is 0 Å². The van der Waals surface area contributed by atoms with Crippen molar-refractivity contribution in [3.8, 4) is 0 Å². The summed E-state index contributed by atoms with van der Waals surface area (Å²) in [4.78, 5) is 0. The van der Waals surface area contributed by atoms with E-state index in [9.17, 15) is 0 Å². The Morgan fingerprint density at radius 3 is 2.11 bits per heavy atom. The van der Waals surface area contributed by atoms with Crippen molar-refractivity contribution in [3.63, 3.8) is 0 Å². The highest BCUT2D eigenvalue weighted by molar-refractivity contribution is 4.61. The molecule has 0 aromatic rings. The second-order valence-electron chi connectivity index (χ2n) is 2.76. The van der Waals surface area contributed by atoms with E-state index in [1.807, 2.05) is 0 Å². The van der Waals surface area contributed by atoms with Crippen molar-refractivity contribution >= 4 is 0 Å². The first-order valence-electron chi connectivity index (χ1n) is 3.53. The van der Waals surface area contributed by atoms with Crippen LogP contribution in [0.25, 0.3) is 0 Å². The molecule has 0 saturated heterocycles. The first-order chi connectivity index (χ1) is 4.22. The third-order valence-corrected chi connectivity index (χ3v) is 1.71. The summed E-state index contributed by atoms with van der Waals surface area (Å²) in [6.45, 7) is 5.17. The minimum absolute atomic E-state index is 0.273. The maximum atomic E-state index is 8.77. The van der Waals surface area contributed by atoms with Crippen LogP contribution in [-0.2, 0) is 0 Å². The number of nitrogens with two attached hydrogens (primary N) is 1. The topological polar surface area (TPSA) is 46.2 Å². The lowest BCUT2D eigenvalue weighted by molar-refractivity contribution is 0.183. The maximum absolute atomic E-state index is 8.77. The van der Waals surface area contributed by atoms with E-state index >= 15 is 0 Å². The Balaban J connectivity index is 3.41. The summed E-state index contributed by atoms with van der Waals surface area (Å²) in [7, 11) is 0. The second-order valence-corrected chi connectivity index (χ2v) is 2.76. The Morgan fingerprint density at radius 1 is 1.44 bits per heavy atom. The predicted molar refractivity (Wildman–Crippen MR) is 39.1 cm³/mol. The molecule has 0 aliphatic rings. The van der Waals surface area contributed by atoms with Crippen molar-refractivity contribution in [2.24, 2.45) is 17.6 Å². The predicted octanol–water partition coefficient (Wildman–Crippen LogP) is 0.600. The molecule has 0 rings (SSSR count). The first-order valence-corrected chi connectivity index (χ1v) is 3.53. The molecule has 0 spiro atoms. The fourth-order valence-electron chi connectivity index (χ4n) is 0.850. The summed E-state index contributed by atoms with van der Waals surface area (Å²) in [6.07, 6.45) is 0.939. The molecule has 0 aromatic heterocycles. The molecule has 0 aliphatic carbocycles. The second kappa shape index (κ2) is 4.77. The molecular weight excluding hydrogens is 114 g/mol. The SMILES string of the molecule is CC(C)[C@H](CO)CCN. The van der Waals surface area contributed by atoms with Gasteiger partial charge in [-0.05, 0) is 24.8 Å². The smallest absolute Gasteiger partial charge is 0.0462 e. The van der Waals surface area contributed by atoms with Crippen LogP contribution in [0.1, 0.15) is 20.3 Å². The van der Waals surface area contributed by atoms with E-state index < -0.39 is 0 Å². The molecule has 0 unspecified atom stereocenters. The van der Waals surface area contributed by atoms with Crippen LogP contribution in [0.3, 0.4) is 0 Å². The van der Waals surface area contributed by atoms with E-state index in [1.165, 1.54) is 0 Å². The van der Waals surface area contributed by atoms with Crippen molar-refractivity contribution in [2.75, 3.05) is 13.2 Å². The largest absolute Gasteiger partial charge is 0.396 e. The molecule has 3 N–H and O–H groups in total. The quantitative estimate of drug-likeness (QED) is 0.587. The van der Waals surface area contributed by atoms with Crippen molar-refractivity contribution < 1.29 is 5.11 Å². The average molecular weight is 131 g/mol. The first kappa shape index (κ1) is 8.92. The van der Waals surface area contributed by atoms with Crippen molar-refractivity contribution in [2.45, 2.75) is 20.3 Å². The van der Waals surface area contributed by atoms with Gasteiger partial charge in [-0.1, -0.05) is 13.8 Å². The minimum atomic E-state index is 0.273. The lowest BCUT2D eigenvalue weighted by Gasteiger charge is -2.16. The van der Waals surface area contributed by atoms with Gasteiger partial charge in [0.05, 0.1) is 0 Å². The van der Waals surface area contributed by atoms with Gasteiger partial charge < -0.3 is 10.8 Å². The molecule has 0 aromatic carbocycles. The molecule has 9 heavy (non-hydrogen) atoms. The van der Waals surface area contributed by atoms with Crippen LogP contribution in [0.2, 0.25) is 0 Å². The van der Waals surface area contributed by atoms with Crippen LogP contribution in [0.15, 0.2) is 0 Å². The zero-order chi connectivity index (χ0) is 7.28. The molecule has 0 aliphatic heterocycles. The number of hydrogen-bond donors (Lipinski definition) is 2. The van der Waals surface area contributed by atoms with Crippen LogP contribution in [0.5, 0.6) is 0 Å². The zero-order valence-electron chi connectivity index (χ0n) is 6.30. The molecule has 0 radical (unpaired) electrons. The van der Waals surface area contributed by atoms with Crippen molar-refractivity contribution in [1.29, 1.82) is 0 Å². The maximum Gasteiger partial charge on any atom is 0.0462 e. The Morgan fingerprint density at radius 2 is 2.00 bits per heavy atom. The van der Waals surface area contributed by atoms with Gasteiger partial charge in [0, 0.05) is 6.61 Å². The van der Waals surface area contributed by atoms with E-state index in [0.717, 1.165) is 6.42 Å². The van der Waals surface area contributed by atoms with Gasteiger partial charge in [0.15, 0.2) is 0 Å². The highest BCUT2D eigenvalue weighted by Crippen LogP contribution is 2.12. The van der Waals surface area contributed by atoms with Gasteiger partial charge in [0.25, 0.3) is 0 Å². The van der Waals surface area contributed by atoms with E-state index in [0.29, 0.717) is 18.4 Å². The van der Waals surface area contributed by atoms with Crippen molar-refractivity contribution in [3.05, 3.63) is 0 Å². The Kier molecular flexibility index (Phi) is 4.72. The molecule has 2 heteroatoms. The summed E-state index contributed by atoms with van der Waals surface area (Å²) in [5.41, 5.74) is 5.33. The van der Waals surface area contributed by atoms with E-state index in [-0.39, 0.29) is 6.61 Å². The van der Waals surface area contributed by atoms with Gasteiger partial charge in [0.1, 0.15) is 0 Å². The number of hydrogen-bond acceptors (Lipinski definition) is 2. The zero-order valence-corrected chi connectivity index (χ0v) is 6.30. The molecule has 2 nitrogen and oxygen atoms in total. The summed E-state index contributed by atoms with van der Waals surface area (Å²) < 4.78 is 0. The normalized spacial score (nSPS) is 14.3. The average Bonchev–Trinajstić information content (AvgIpc) is 1.82. The summed E-state index contributed by atoms with van der Waals surface area (Å²) in [5.74, 6) is 0.952. The fourth-order valence-corrected chi connectivity index (χ4v) is 0.850. The Hall–Kier alpha value is -0.0800. The lowest BCUT2D eigenvalue weighted by Crippen LogP contribution is -2.17. The van der Waals surface area contributed by atoms with Crippen molar-refractivity contribution in [1.82, 2.24) is 0 Å². The van der Waals surface area contributed by atoms with Gasteiger partial charge in [-0.2, -0.15) is 0 Å². The van der Waals surface area contributed by atoms with Gasteiger partial charge in [-0.25, -0.2) is 0 Å². The molecule has 0 heterocycles. The Labute approximate surface area is 57.1 Å². The lowest BCUT2D eigenvalue weighted by atomic mass is 9.94. The minimum Gasteiger partial charge on any atom is -0.396 e. The fraction of sp³-hybridized carbons (Fsp3) is 1.00. The summed E-state index contributed by atoms with van der Waals surface area (Å²) >= 11 is 0. The molecule has 1 atom stereocenters. The van der Waals surface area contributed by atoms with Gasteiger partial charge >= 0.3 is 0 Å². The van der Waals surface area contributed by atoms with Crippen LogP contribution >= 0.6 is 0 Å². The molecule has 0 saturated carbocycles. The van der Waals surface area contributed by atoms with Crippen LogP contribution in [-0.4, -0.2) is 18.3 Å². The summed E-state index contributed by atoms with van der Waals surface area (Å²) in [5, 5.41) is 8.77. The van der Waals surface area contributed by atoms with E-state index in [1.54, 1.807) is 0 Å². The van der Waals surface area contributed by atoms with E-state index in [2.05, 4.69) is 13.8 Å². The third kappa shape index (κ3) is 3.49. The number of aliphatic hydroxyl groups is 1. The van der Waals surface area contributed by atoms with E-state index in [4.69, 9.17) is 10.8 Å². The third-order valence-electron chi connectivity index (χ3n) is 1.71. The summed E-state index contributed by atoms with van der Waals surface area (Å²) in [6, 6.07) is 0. The molecule has 0 bridgehead atoms. The van der Waals surface area contributed by atoms with Gasteiger partial charge in [-0.15, -0.1) is 0 Å². The standard InChI is InChI=1S/C7H17NO/c1-6(2)7(5-9)3-4-8/h6-7,9H,3-5,8H2,1-2H3/t7-/m0/s1. The molecule has 56 valence electrons. The molecular formula is C7H17NO. The van der Waals surface area contributed by atoms with Gasteiger partial charge in [0.2, 0.25) is 0 Å².